The van der Waals surface area contributed by atoms with E-state index in [-0.39, 0.29) is 18.1 Å². The van der Waals surface area contributed by atoms with Gasteiger partial charge in [0.25, 0.3) is 0 Å². The Balaban J connectivity index is 1.96. The van der Waals surface area contributed by atoms with E-state index >= 15 is 0 Å². The fourth-order valence-corrected chi connectivity index (χ4v) is 1.84. The molecule has 1 aromatic carbocycles. The van der Waals surface area contributed by atoms with Crippen molar-refractivity contribution in [2.45, 2.75) is 33.4 Å². The molecular weight excluding hydrogens is 270 g/mol. The first-order valence-electron chi connectivity index (χ1n) is 6.67. The third kappa shape index (κ3) is 4.27. The van der Waals surface area contributed by atoms with E-state index in [2.05, 4.69) is 25.9 Å². The van der Waals surface area contributed by atoms with Crippen molar-refractivity contribution in [3.05, 3.63) is 41.7 Å². The third-order valence-corrected chi connectivity index (χ3v) is 2.96. The van der Waals surface area contributed by atoms with Crippen LogP contribution in [0.25, 0.3) is 0 Å². The van der Waals surface area contributed by atoms with Gasteiger partial charge in [0, 0.05) is 0 Å². The molecule has 21 heavy (non-hydrogen) atoms. The first-order chi connectivity index (χ1) is 9.97. The number of aromatic amines is 1. The van der Waals surface area contributed by atoms with Crippen LogP contribution in [0.2, 0.25) is 0 Å². The van der Waals surface area contributed by atoms with Crippen LogP contribution in [-0.4, -0.2) is 26.7 Å². The van der Waals surface area contributed by atoms with E-state index < -0.39 is 6.09 Å². The van der Waals surface area contributed by atoms with Crippen LogP contribution in [0.5, 0.6) is 0 Å². The molecule has 1 aromatic heterocycles. The van der Waals surface area contributed by atoms with Crippen molar-refractivity contribution in [2.24, 2.45) is 5.41 Å². The zero-order valence-corrected chi connectivity index (χ0v) is 12.3. The minimum atomic E-state index is -0.511. The Bertz CT molecular complexity index is 563. The Morgan fingerprint density at radius 2 is 2.05 bits per heavy atom. The van der Waals surface area contributed by atoms with Gasteiger partial charge in [0.05, 0.1) is 0 Å². The molecule has 1 atom stereocenters. The lowest BCUT2D eigenvalue weighted by Crippen LogP contribution is -2.37. The maximum absolute atomic E-state index is 11.9. The second kappa shape index (κ2) is 6.34. The predicted molar refractivity (Wildman–Crippen MR) is 76.1 cm³/mol. The van der Waals surface area contributed by atoms with Crippen molar-refractivity contribution in [3.63, 3.8) is 0 Å². The Hall–Kier alpha value is -2.44. The molecular formula is C14H19N5O2. The minimum Gasteiger partial charge on any atom is -0.445 e. The molecule has 1 heterocycles. The van der Waals surface area contributed by atoms with E-state index in [1.54, 1.807) is 0 Å². The maximum Gasteiger partial charge on any atom is 0.408 e. The third-order valence-electron chi connectivity index (χ3n) is 2.96. The van der Waals surface area contributed by atoms with E-state index in [0.29, 0.717) is 5.82 Å². The van der Waals surface area contributed by atoms with Crippen molar-refractivity contribution in [2.75, 3.05) is 0 Å². The number of hydrogen-bond acceptors (Lipinski definition) is 5. The topological polar surface area (TPSA) is 92.8 Å². The Morgan fingerprint density at radius 1 is 1.33 bits per heavy atom. The highest BCUT2D eigenvalue weighted by atomic mass is 16.5. The molecule has 0 aliphatic carbocycles. The lowest BCUT2D eigenvalue weighted by molar-refractivity contribution is 0.124. The number of nitrogens with zero attached hydrogens (tertiary/aromatic N) is 3. The number of amides is 1. The Labute approximate surface area is 123 Å². The van der Waals surface area contributed by atoms with Gasteiger partial charge in [0.15, 0.2) is 5.82 Å². The maximum atomic E-state index is 11.9. The summed E-state index contributed by atoms with van der Waals surface area (Å²) < 4.78 is 5.22. The summed E-state index contributed by atoms with van der Waals surface area (Å²) in [6.45, 7) is 6.15. The van der Waals surface area contributed by atoms with E-state index in [4.69, 9.17) is 4.74 Å². The number of hydrogen-bond donors (Lipinski definition) is 2. The quantitative estimate of drug-likeness (QED) is 0.900. The van der Waals surface area contributed by atoms with Gasteiger partial charge in [0.2, 0.25) is 0 Å². The zero-order valence-electron chi connectivity index (χ0n) is 12.3. The summed E-state index contributed by atoms with van der Waals surface area (Å²) in [6.07, 6.45) is -0.511. The van der Waals surface area contributed by atoms with Gasteiger partial charge in [-0.2, -0.15) is 5.21 Å². The first kappa shape index (κ1) is 15.0. The number of nitrogens with one attached hydrogen (secondary N) is 2. The number of carbonyl (C=O) groups excluding carboxylic acids is 1. The average molecular weight is 289 g/mol. The standard InChI is InChI=1S/C14H19N5O2/c1-14(2,3)11(12-16-18-19-17-12)15-13(20)21-9-10-7-5-4-6-8-10/h4-8,11H,9H2,1-3H3,(H,15,20)(H,16,17,18,19)/t11-/m0/s1. The fraction of sp³-hybridized carbons (Fsp3) is 0.429. The monoisotopic (exact) mass is 289 g/mol. The van der Waals surface area contributed by atoms with Gasteiger partial charge in [0.1, 0.15) is 12.6 Å². The number of aromatic nitrogens is 4. The summed E-state index contributed by atoms with van der Waals surface area (Å²) >= 11 is 0. The van der Waals surface area contributed by atoms with Gasteiger partial charge in [-0.15, -0.1) is 10.2 Å². The van der Waals surface area contributed by atoms with E-state index in [1.807, 2.05) is 51.1 Å². The van der Waals surface area contributed by atoms with Gasteiger partial charge >= 0.3 is 6.09 Å². The summed E-state index contributed by atoms with van der Waals surface area (Å²) in [5.41, 5.74) is 0.662. The molecule has 0 spiro atoms. The largest absolute Gasteiger partial charge is 0.445 e. The SMILES string of the molecule is CC(C)(C)[C@@H](NC(=O)OCc1ccccc1)c1nn[nH]n1. The van der Waals surface area contributed by atoms with Crippen LogP contribution in [0, 0.1) is 5.41 Å². The molecule has 1 amide bonds. The number of H-pyrrole nitrogens is 1. The Kier molecular flexibility index (Phi) is 4.52. The number of tetrazole rings is 1. The van der Waals surface area contributed by atoms with E-state index in [1.165, 1.54) is 0 Å². The molecule has 0 saturated carbocycles. The summed E-state index contributed by atoms with van der Waals surface area (Å²) in [4.78, 5) is 11.9. The fourth-order valence-electron chi connectivity index (χ4n) is 1.84. The van der Waals surface area contributed by atoms with Gasteiger partial charge in [-0.05, 0) is 11.0 Å². The molecule has 0 aliphatic rings. The van der Waals surface area contributed by atoms with Crippen LogP contribution >= 0.6 is 0 Å². The van der Waals surface area contributed by atoms with Crippen molar-refractivity contribution < 1.29 is 9.53 Å². The second-order valence-corrected chi connectivity index (χ2v) is 5.78. The van der Waals surface area contributed by atoms with Crippen molar-refractivity contribution in [3.8, 4) is 0 Å². The second-order valence-electron chi connectivity index (χ2n) is 5.78. The van der Waals surface area contributed by atoms with E-state index in [9.17, 15) is 4.79 Å². The van der Waals surface area contributed by atoms with Crippen LogP contribution in [0.3, 0.4) is 0 Å². The van der Waals surface area contributed by atoms with Crippen LogP contribution < -0.4 is 5.32 Å². The highest BCUT2D eigenvalue weighted by Crippen LogP contribution is 2.30. The van der Waals surface area contributed by atoms with Crippen LogP contribution in [0.15, 0.2) is 30.3 Å². The normalized spacial score (nSPS) is 12.7. The van der Waals surface area contributed by atoms with Crippen LogP contribution in [0.1, 0.15) is 38.2 Å². The molecule has 112 valence electrons. The van der Waals surface area contributed by atoms with Gasteiger partial charge in [-0.25, -0.2) is 4.79 Å². The molecule has 0 aliphatic heterocycles. The number of ether oxygens (including phenoxy) is 1. The van der Waals surface area contributed by atoms with Crippen molar-refractivity contribution in [1.82, 2.24) is 25.9 Å². The summed E-state index contributed by atoms with van der Waals surface area (Å²) in [5.74, 6) is 0.430. The first-order valence-corrected chi connectivity index (χ1v) is 6.67. The highest BCUT2D eigenvalue weighted by molar-refractivity contribution is 5.67. The molecule has 0 radical (unpaired) electrons. The molecule has 0 unspecified atom stereocenters. The van der Waals surface area contributed by atoms with E-state index in [0.717, 1.165) is 5.56 Å². The molecule has 0 bridgehead atoms. The lowest BCUT2D eigenvalue weighted by atomic mass is 9.86. The molecule has 2 rings (SSSR count). The Morgan fingerprint density at radius 3 is 2.62 bits per heavy atom. The molecule has 7 heteroatoms. The number of alkyl carbamates (subject to hydrolysis) is 1. The number of carbonyl (C=O) groups is 1. The molecule has 0 fully saturated rings. The number of rotatable bonds is 4. The summed E-state index contributed by atoms with van der Waals surface area (Å²) in [7, 11) is 0. The van der Waals surface area contributed by atoms with Gasteiger partial charge < -0.3 is 10.1 Å². The lowest BCUT2D eigenvalue weighted by Gasteiger charge is -2.28. The predicted octanol–water partition coefficient (Wildman–Crippen LogP) is 2.21. The van der Waals surface area contributed by atoms with Crippen LogP contribution in [0.4, 0.5) is 4.79 Å². The molecule has 0 saturated heterocycles. The summed E-state index contributed by atoms with van der Waals surface area (Å²) in [6, 6.07) is 9.11. The van der Waals surface area contributed by atoms with Crippen molar-refractivity contribution >= 4 is 6.09 Å². The average Bonchev–Trinajstić information content (AvgIpc) is 2.96. The highest BCUT2D eigenvalue weighted by Gasteiger charge is 2.31. The molecule has 2 N–H and O–H groups in total. The number of benzene rings is 1. The van der Waals surface area contributed by atoms with Gasteiger partial charge in [-0.3, -0.25) is 0 Å². The van der Waals surface area contributed by atoms with Crippen LogP contribution in [-0.2, 0) is 11.3 Å². The summed E-state index contributed by atoms with van der Waals surface area (Å²) in [5, 5.41) is 16.6. The minimum absolute atomic E-state index is 0.218. The molecule has 2 aromatic rings. The van der Waals surface area contributed by atoms with Crippen molar-refractivity contribution in [1.29, 1.82) is 0 Å². The smallest absolute Gasteiger partial charge is 0.408 e. The zero-order chi connectivity index (χ0) is 15.3. The van der Waals surface area contributed by atoms with Gasteiger partial charge in [-0.1, -0.05) is 56.3 Å². The molecule has 7 nitrogen and oxygen atoms in total.